The Labute approximate surface area is 105 Å². The molecule has 1 aromatic rings. The van der Waals surface area contributed by atoms with Gasteiger partial charge in [-0.05, 0) is 23.8 Å². The van der Waals surface area contributed by atoms with Crippen molar-refractivity contribution in [3.63, 3.8) is 0 Å². The van der Waals surface area contributed by atoms with Crippen molar-refractivity contribution >= 4 is 27.1 Å². The minimum Gasteiger partial charge on any atom is -0.369 e. The van der Waals surface area contributed by atoms with Crippen LogP contribution in [0.1, 0.15) is 5.56 Å². The quantitative estimate of drug-likeness (QED) is 0.774. The van der Waals surface area contributed by atoms with Gasteiger partial charge in [0.15, 0.2) is 9.84 Å². The lowest BCUT2D eigenvalue weighted by Gasteiger charge is -2.29. The van der Waals surface area contributed by atoms with E-state index in [2.05, 4.69) is 0 Å². The van der Waals surface area contributed by atoms with Gasteiger partial charge < -0.3 is 4.90 Å². The molecule has 94 valence electrons. The van der Waals surface area contributed by atoms with Gasteiger partial charge in [-0.2, -0.15) is 0 Å². The second-order valence-corrected chi connectivity index (χ2v) is 6.66. The Bertz CT molecular complexity index is 504. The monoisotopic (exact) mass is 277 g/mol. The van der Waals surface area contributed by atoms with Crippen LogP contribution in [0.4, 0.5) is 10.1 Å². The first-order valence-electron chi connectivity index (χ1n) is 5.31. The third-order valence-corrected chi connectivity index (χ3v) is 4.72. The highest BCUT2D eigenvalue weighted by Crippen LogP contribution is 2.21. The number of alkyl halides is 1. The van der Waals surface area contributed by atoms with Crippen molar-refractivity contribution < 1.29 is 12.8 Å². The second kappa shape index (κ2) is 4.82. The van der Waals surface area contributed by atoms with Crippen LogP contribution in [0.25, 0.3) is 0 Å². The molecular weight excluding hydrogens is 265 g/mol. The minimum atomic E-state index is -2.91. The third-order valence-electron chi connectivity index (χ3n) is 2.81. The van der Waals surface area contributed by atoms with Crippen molar-refractivity contribution in [1.82, 2.24) is 0 Å². The van der Waals surface area contributed by atoms with Crippen LogP contribution >= 0.6 is 11.6 Å². The van der Waals surface area contributed by atoms with Crippen LogP contribution in [0.5, 0.6) is 0 Å². The van der Waals surface area contributed by atoms with Gasteiger partial charge in [-0.15, -0.1) is 11.6 Å². The molecule has 0 spiro atoms. The Balaban J connectivity index is 2.21. The summed E-state index contributed by atoms with van der Waals surface area (Å²) in [4.78, 5) is 1.88. The van der Waals surface area contributed by atoms with Gasteiger partial charge in [0, 0.05) is 24.7 Å². The molecule has 1 aliphatic heterocycles. The topological polar surface area (TPSA) is 37.4 Å². The molecule has 0 unspecified atom stereocenters. The van der Waals surface area contributed by atoms with Gasteiger partial charge in [0.05, 0.1) is 11.5 Å². The molecule has 0 atom stereocenters. The van der Waals surface area contributed by atoms with Crippen LogP contribution in [-0.2, 0) is 15.7 Å². The van der Waals surface area contributed by atoms with Gasteiger partial charge in [0.25, 0.3) is 0 Å². The van der Waals surface area contributed by atoms with Crippen LogP contribution in [0.2, 0.25) is 0 Å². The Kier molecular flexibility index (Phi) is 3.58. The summed E-state index contributed by atoms with van der Waals surface area (Å²) in [6.07, 6.45) is 0. The zero-order chi connectivity index (χ0) is 12.5. The van der Waals surface area contributed by atoms with E-state index in [4.69, 9.17) is 11.6 Å². The molecular formula is C11H13ClFNO2S. The molecule has 0 aromatic heterocycles. The standard InChI is InChI=1S/C11H13ClFNO2S/c12-8-9-5-10(13)7-11(6-9)14-1-3-17(15,16)4-2-14/h5-7H,1-4,8H2. The fraction of sp³-hybridized carbons (Fsp3) is 0.455. The fourth-order valence-corrected chi connectivity index (χ4v) is 3.22. The molecule has 17 heavy (non-hydrogen) atoms. The number of halogens is 2. The number of anilines is 1. The smallest absolute Gasteiger partial charge is 0.153 e. The maximum absolute atomic E-state index is 13.3. The molecule has 0 N–H and O–H groups in total. The number of hydrogen-bond donors (Lipinski definition) is 0. The summed E-state index contributed by atoms with van der Waals surface area (Å²) in [6, 6.07) is 4.60. The summed E-state index contributed by atoms with van der Waals surface area (Å²) in [7, 11) is -2.91. The van der Waals surface area contributed by atoms with Gasteiger partial charge in [-0.3, -0.25) is 0 Å². The SMILES string of the molecule is O=S1(=O)CCN(c2cc(F)cc(CCl)c2)CC1. The highest BCUT2D eigenvalue weighted by molar-refractivity contribution is 7.91. The Morgan fingerprint density at radius 1 is 1.24 bits per heavy atom. The number of hydrogen-bond acceptors (Lipinski definition) is 3. The van der Waals surface area contributed by atoms with Gasteiger partial charge in [-0.1, -0.05) is 0 Å². The van der Waals surface area contributed by atoms with Crippen LogP contribution < -0.4 is 4.90 Å². The lowest BCUT2D eigenvalue weighted by Crippen LogP contribution is -2.40. The van der Waals surface area contributed by atoms with Crippen molar-refractivity contribution in [3.05, 3.63) is 29.6 Å². The molecule has 1 aromatic carbocycles. The molecule has 2 rings (SSSR count). The van der Waals surface area contributed by atoms with Gasteiger partial charge in [-0.25, -0.2) is 12.8 Å². The summed E-state index contributed by atoms with van der Waals surface area (Å²) in [5, 5.41) is 0. The number of benzene rings is 1. The third kappa shape index (κ3) is 3.10. The van der Waals surface area contributed by atoms with E-state index in [0.717, 1.165) is 0 Å². The number of rotatable bonds is 2. The highest BCUT2D eigenvalue weighted by Gasteiger charge is 2.22. The van der Waals surface area contributed by atoms with Gasteiger partial charge in [0.1, 0.15) is 5.82 Å². The number of sulfone groups is 1. The Morgan fingerprint density at radius 2 is 1.88 bits per heavy atom. The largest absolute Gasteiger partial charge is 0.369 e. The van der Waals surface area contributed by atoms with E-state index in [1.165, 1.54) is 12.1 Å². The molecule has 1 aliphatic rings. The second-order valence-electron chi connectivity index (χ2n) is 4.09. The van der Waals surface area contributed by atoms with Crippen molar-refractivity contribution in [1.29, 1.82) is 0 Å². The Hall–Kier alpha value is -0.810. The molecule has 1 heterocycles. The van der Waals surface area contributed by atoms with Crippen molar-refractivity contribution in [2.75, 3.05) is 29.5 Å². The molecule has 0 saturated carbocycles. The molecule has 1 saturated heterocycles. The lowest BCUT2D eigenvalue weighted by atomic mass is 10.2. The summed E-state index contributed by atoms with van der Waals surface area (Å²) >= 11 is 5.67. The summed E-state index contributed by atoms with van der Waals surface area (Å²) < 4.78 is 35.9. The minimum absolute atomic E-state index is 0.125. The first-order valence-corrected chi connectivity index (χ1v) is 7.66. The molecule has 0 bridgehead atoms. The average Bonchev–Trinajstić information content (AvgIpc) is 2.28. The van der Waals surface area contributed by atoms with Crippen molar-refractivity contribution in [3.8, 4) is 0 Å². The van der Waals surface area contributed by atoms with Crippen LogP contribution in [0.3, 0.4) is 0 Å². The molecule has 0 aliphatic carbocycles. The summed E-state index contributed by atoms with van der Waals surface area (Å²) in [5.74, 6) is 0.155. The van der Waals surface area contributed by atoms with Gasteiger partial charge >= 0.3 is 0 Å². The van der Waals surface area contributed by atoms with Crippen molar-refractivity contribution in [2.45, 2.75) is 5.88 Å². The Morgan fingerprint density at radius 3 is 2.47 bits per heavy atom. The normalized spacial score (nSPS) is 19.3. The average molecular weight is 278 g/mol. The maximum atomic E-state index is 13.3. The van der Waals surface area contributed by atoms with Gasteiger partial charge in [0.2, 0.25) is 0 Å². The van der Waals surface area contributed by atoms with E-state index in [9.17, 15) is 12.8 Å². The highest BCUT2D eigenvalue weighted by atomic mass is 35.5. The zero-order valence-electron chi connectivity index (χ0n) is 9.20. The fourth-order valence-electron chi connectivity index (χ4n) is 1.86. The predicted molar refractivity (Wildman–Crippen MR) is 66.8 cm³/mol. The molecule has 6 heteroatoms. The summed E-state index contributed by atoms with van der Waals surface area (Å²) in [5.41, 5.74) is 1.41. The molecule has 1 fully saturated rings. The number of nitrogens with zero attached hydrogens (tertiary/aromatic N) is 1. The van der Waals surface area contributed by atoms with Crippen LogP contribution in [0, 0.1) is 5.82 Å². The lowest BCUT2D eigenvalue weighted by molar-refractivity contribution is 0.586. The molecule has 0 amide bonds. The van der Waals surface area contributed by atoms with E-state index in [0.29, 0.717) is 24.3 Å². The predicted octanol–water partition coefficient (Wildman–Crippen LogP) is 1.80. The maximum Gasteiger partial charge on any atom is 0.153 e. The van der Waals surface area contributed by atoms with E-state index < -0.39 is 9.84 Å². The first-order chi connectivity index (χ1) is 8.00. The molecule has 3 nitrogen and oxygen atoms in total. The van der Waals surface area contributed by atoms with Crippen LogP contribution in [0.15, 0.2) is 18.2 Å². The van der Waals surface area contributed by atoms with Crippen molar-refractivity contribution in [2.24, 2.45) is 0 Å². The zero-order valence-corrected chi connectivity index (χ0v) is 10.8. The van der Waals surface area contributed by atoms with Crippen LogP contribution in [-0.4, -0.2) is 33.0 Å². The van der Waals surface area contributed by atoms with E-state index >= 15 is 0 Å². The van der Waals surface area contributed by atoms with E-state index in [1.54, 1.807) is 6.07 Å². The van der Waals surface area contributed by atoms with E-state index in [1.807, 2.05) is 4.90 Å². The molecule has 0 radical (unpaired) electrons. The first kappa shape index (κ1) is 12.6. The summed E-state index contributed by atoms with van der Waals surface area (Å²) in [6.45, 7) is 0.820. The van der Waals surface area contributed by atoms with E-state index in [-0.39, 0.29) is 23.2 Å².